The van der Waals surface area contributed by atoms with Crippen molar-refractivity contribution >= 4 is 40.9 Å². The van der Waals surface area contributed by atoms with Crippen LogP contribution < -0.4 is 16.0 Å². The molecule has 2 heterocycles. The molecule has 1 aliphatic carbocycles. The zero-order valence-electron chi connectivity index (χ0n) is 25.1. The number of hydrogen-bond donors (Lipinski definition) is 5. The summed E-state index contributed by atoms with van der Waals surface area (Å²) in [5.41, 5.74) is 1.19. The van der Waals surface area contributed by atoms with Crippen LogP contribution in [0.25, 0.3) is 10.4 Å². The molecule has 238 valence electrons. The van der Waals surface area contributed by atoms with E-state index in [0.717, 1.165) is 16.1 Å². The van der Waals surface area contributed by atoms with Crippen LogP contribution in [0.2, 0.25) is 0 Å². The van der Waals surface area contributed by atoms with Crippen molar-refractivity contribution in [3.8, 4) is 10.4 Å². The molecule has 0 spiro atoms. The zero-order valence-corrected chi connectivity index (χ0v) is 25.9. The quantitative estimate of drug-likeness (QED) is 0.250. The second-order valence-corrected chi connectivity index (χ2v) is 13.3. The molecule has 0 radical (unpaired) electrons. The number of β-amino-alcohol motifs (C(OH)–C–C–N with tert-alkyl or cyclic N) is 1. The third kappa shape index (κ3) is 7.78. The molecule has 1 aromatic carbocycles. The van der Waals surface area contributed by atoms with Crippen LogP contribution in [0.3, 0.4) is 0 Å². The number of aryl methyl sites for hydroxylation is 1. The minimum Gasteiger partial charge on any atom is -0.480 e. The van der Waals surface area contributed by atoms with E-state index in [9.17, 15) is 33.5 Å². The number of nitrogens with zero attached hydrogens (tertiary/aromatic N) is 2. The zero-order chi connectivity index (χ0) is 32.4. The number of aromatic nitrogens is 1. The van der Waals surface area contributed by atoms with Gasteiger partial charge in [-0.15, -0.1) is 11.3 Å². The number of carbonyl (C=O) groups is 5. The van der Waals surface area contributed by atoms with Crippen molar-refractivity contribution in [3.63, 3.8) is 0 Å². The Labute approximate surface area is 258 Å². The fourth-order valence-electron chi connectivity index (χ4n) is 5.12. The Morgan fingerprint density at radius 1 is 1.14 bits per heavy atom. The van der Waals surface area contributed by atoms with Gasteiger partial charge in [0.05, 0.1) is 34.6 Å². The standard InChI is InChI=1S/C30H38FN5O7S/c1-16-24(44-15-33-16)18-7-5-17(6-8-18)20(12-22(38)32-13-23(39)40)34-26(41)21-11-19(37)14-36(21)27(42)25(29(2,3)4)35-28(43)30(31)9-10-30/h5-8,15,19-21,25,37H,9-14H2,1-4H3,(H,32,38)(H,34,41)(H,35,43)(H,39,40)/t19-,20+,21?,25-/m1/s1. The lowest BCUT2D eigenvalue weighted by molar-refractivity contribution is -0.145. The molecule has 12 nitrogen and oxygen atoms in total. The number of halogens is 1. The van der Waals surface area contributed by atoms with E-state index in [4.69, 9.17) is 5.11 Å². The Kier molecular flexibility index (Phi) is 9.74. The molecule has 1 aliphatic heterocycles. The molecule has 4 rings (SSSR count). The van der Waals surface area contributed by atoms with Crippen molar-refractivity contribution in [1.29, 1.82) is 0 Å². The average molecular weight is 632 g/mol. The summed E-state index contributed by atoms with van der Waals surface area (Å²) in [5, 5.41) is 27.1. The van der Waals surface area contributed by atoms with E-state index in [1.54, 1.807) is 38.4 Å². The average Bonchev–Trinajstić information content (AvgIpc) is 3.36. The van der Waals surface area contributed by atoms with Gasteiger partial charge in [0.1, 0.15) is 18.6 Å². The topological polar surface area (TPSA) is 178 Å². The van der Waals surface area contributed by atoms with Gasteiger partial charge in [-0.1, -0.05) is 45.0 Å². The minimum atomic E-state index is -2.01. The molecule has 2 aliphatic rings. The number of nitrogens with one attached hydrogen (secondary N) is 3. The molecule has 1 aromatic heterocycles. The van der Waals surface area contributed by atoms with Gasteiger partial charge in [0.2, 0.25) is 17.7 Å². The van der Waals surface area contributed by atoms with Crippen molar-refractivity contribution in [1.82, 2.24) is 25.8 Å². The van der Waals surface area contributed by atoms with Crippen LogP contribution in [0.15, 0.2) is 29.8 Å². The van der Waals surface area contributed by atoms with Gasteiger partial charge >= 0.3 is 5.97 Å². The summed E-state index contributed by atoms with van der Waals surface area (Å²) in [6.45, 7) is 6.23. The maximum absolute atomic E-state index is 14.5. The highest BCUT2D eigenvalue weighted by Gasteiger charge is 2.53. The number of carboxylic acid groups (broad SMARTS) is 1. The number of hydrogen-bond acceptors (Lipinski definition) is 8. The highest BCUT2D eigenvalue weighted by molar-refractivity contribution is 7.13. The van der Waals surface area contributed by atoms with E-state index in [-0.39, 0.29) is 32.2 Å². The summed E-state index contributed by atoms with van der Waals surface area (Å²) >= 11 is 1.47. The number of amides is 4. The first-order valence-corrected chi connectivity index (χ1v) is 15.2. The summed E-state index contributed by atoms with van der Waals surface area (Å²) in [6, 6.07) is 3.94. The summed E-state index contributed by atoms with van der Waals surface area (Å²) < 4.78 is 14.5. The molecular weight excluding hydrogens is 593 g/mol. The first-order valence-electron chi connectivity index (χ1n) is 14.4. The summed E-state index contributed by atoms with van der Waals surface area (Å²) in [4.78, 5) is 70.0. The number of thiazole rings is 1. The summed E-state index contributed by atoms with van der Waals surface area (Å²) in [5.74, 6) is -3.99. The van der Waals surface area contributed by atoms with Crippen LogP contribution in [0.5, 0.6) is 0 Å². The maximum atomic E-state index is 14.5. The highest BCUT2D eigenvalue weighted by Crippen LogP contribution is 2.40. The molecular formula is C30H38FN5O7S. The molecule has 1 unspecified atom stereocenters. The van der Waals surface area contributed by atoms with Crippen molar-refractivity contribution in [2.45, 2.75) is 83.3 Å². The van der Waals surface area contributed by atoms with Gasteiger partial charge < -0.3 is 31.1 Å². The molecule has 0 bridgehead atoms. The molecule has 2 aromatic rings. The molecule has 5 N–H and O–H groups in total. The number of benzene rings is 1. The minimum absolute atomic E-state index is 0.0730. The molecule has 4 amide bonds. The second-order valence-electron chi connectivity index (χ2n) is 12.5. The van der Waals surface area contributed by atoms with E-state index >= 15 is 0 Å². The van der Waals surface area contributed by atoms with Crippen LogP contribution in [-0.2, 0) is 24.0 Å². The Morgan fingerprint density at radius 3 is 2.34 bits per heavy atom. The van der Waals surface area contributed by atoms with Crippen LogP contribution in [0, 0.1) is 12.3 Å². The predicted molar refractivity (Wildman–Crippen MR) is 159 cm³/mol. The molecule has 1 saturated carbocycles. The lowest BCUT2D eigenvalue weighted by Gasteiger charge is -2.36. The van der Waals surface area contributed by atoms with Crippen LogP contribution >= 0.6 is 11.3 Å². The lowest BCUT2D eigenvalue weighted by atomic mass is 9.85. The monoisotopic (exact) mass is 631 g/mol. The number of rotatable bonds is 11. The normalized spacial score (nSPS) is 20.4. The number of carbonyl (C=O) groups excluding carboxylic acids is 4. The van der Waals surface area contributed by atoms with E-state index in [0.29, 0.717) is 5.56 Å². The van der Waals surface area contributed by atoms with Crippen molar-refractivity contribution in [3.05, 3.63) is 41.0 Å². The number of aliphatic hydroxyl groups is 1. The number of aliphatic carboxylic acids is 1. The van der Waals surface area contributed by atoms with Gasteiger partial charge in [-0.3, -0.25) is 24.0 Å². The first kappa shape index (κ1) is 33.0. The third-order valence-electron chi connectivity index (χ3n) is 7.81. The number of carboxylic acids is 1. The molecule has 2 fully saturated rings. The third-order valence-corrected chi connectivity index (χ3v) is 8.79. The van der Waals surface area contributed by atoms with E-state index < -0.39 is 71.5 Å². The van der Waals surface area contributed by atoms with Crippen LogP contribution in [0.1, 0.15) is 63.8 Å². The van der Waals surface area contributed by atoms with Crippen molar-refractivity contribution in [2.24, 2.45) is 5.41 Å². The lowest BCUT2D eigenvalue weighted by Crippen LogP contribution is -2.59. The Bertz CT molecular complexity index is 1420. The SMILES string of the molecule is Cc1ncsc1-c1ccc([C@H](CC(=O)NCC(=O)O)NC(=O)C2C[C@@H](O)CN2C(=O)[C@@H](NC(=O)C2(F)CC2)C(C)(C)C)cc1. The van der Waals surface area contributed by atoms with Gasteiger partial charge in [-0.2, -0.15) is 0 Å². The predicted octanol–water partition coefficient (Wildman–Crippen LogP) is 1.86. The Hall–Kier alpha value is -3.91. The van der Waals surface area contributed by atoms with Gasteiger partial charge in [-0.25, -0.2) is 9.37 Å². The summed E-state index contributed by atoms with van der Waals surface area (Å²) in [6.07, 6.45) is -1.26. The van der Waals surface area contributed by atoms with Crippen molar-refractivity contribution in [2.75, 3.05) is 13.1 Å². The van der Waals surface area contributed by atoms with Crippen LogP contribution in [-0.4, -0.2) is 86.6 Å². The number of aliphatic hydroxyl groups excluding tert-OH is 1. The van der Waals surface area contributed by atoms with Crippen LogP contribution in [0.4, 0.5) is 4.39 Å². The molecule has 44 heavy (non-hydrogen) atoms. The Morgan fingerprint density at radius 2 is 1.80 bits per heavy atom. The number of likely N-dealkylation sites (tertiary alicyclic amines) is 1. The first-order chi connectivity index (χ1) is 20.6. The Balaban J connectivity index is 1.56. The molecule has 4 atom stereocenters. The molecule has 1 saturated heterocycles. The van der Waals surface area contributed by atoms with E-state index in [1.807, 2.05) is 19.1 Å². The second kappa shape index (κ2) is 13.0. The van der Waals surface area contributed by atoms with Gasteiger partial charge in [-0.05, 0) is 36.3 Å². The fraction of sp³-hybridized carbons (Fsp3) is 0.533. The maximum Gasteiger partial charge on any atom is 0.322 e. The van der Waals surface area contributed by atoms with E-state index in [2.05, 4.69) is 20.9 Å². The molecule has 14 heteroatoms. The largest absolute Gasteiger partial charge is 0.480 e. The fourth-order valence-corrected chi connectivity index (χ4v) is 5.93. The van der Waals surface area contributed by atoms with Gasteiger partial charge in [0.25, 0.3) is 5.91 Å². The summed E-state index contributed by atoms with van der Waals surface area (Å²) in [7, 11) is 0. The van der Waals surface area contributed by atoms with E-state index in [1.165, 1.54) is 16.2 Å². The number of alkyl halides is 1. The highest BCUT2D eigenvalue weighted by atomic mass is 32.1. The van der Waals surface area contributed by atoms with Crippen molar-refractivity contribution < 1.29 is 38.6 Å². The van der Waals surface area contributed by atoms with Gasteiger partial charge in [0.15, 0.2) is 5.67 Å². The van der Waals surface area contributed by atoms with Gasteiger partial charge in [0, 0.05) is 13.0 Å². The smallest absolute Gasteiger partial charge is 0.322 e.